The first-order valence-corrected chi connectivity index (χ1v) is 41.8. The van der Waals surface area contributed by atoms with Gasteiger partial charge in [-0.3, -0.25) is 43.2 Å². The van der Waals surface area contributed by atoms with Gasteiger partial charge in [0.15, 0.2) is 41.1 Å². The average molecular weight is 1770 g/mol. The van der Waals surface area contributed by atoms with Crippen LogP contribution in [0.15, 0.2) is 204 Å². The molecule has 6 aliphatic carbocycles. The van der Waals surface area contributed by atoms with Crippen molar-refractivity contribution in [2.45, 2.75) is 231 Å². The van der Waals surface area contributed by atoms with Crippen LogP contribution in [0.5, 0.6) is 0 Å². The third-order valence-corrected chi connectivity index (χ3v) is 27.2. The number of aliphatic hydroxyl groups is 5. The number of aliphatic hydroxyl groups excluding tert-OH is 3. The van der Waals surface area contributed by atoms with Gasteiger partial charge in [0.1, 0.15) is 53.9 Å². The zero-order chi connectivity index (χ0) is 92.2. The van der Waals surface area contributed by atoms with Crippen LogP contribution in [0.4, 0.5) is 0 Å². The number of carbonyl (C=O) groups excluding carboxylic acids is 13. The number of hydrogen-bond donors (Lipinski definition) is 7. The Balaban J connectivity index is 0.000000231. The zero-order valence-corrected chi connectivity index (χ0v) is 72.3. The summed E-state index contributed by atoms with van der Waals surface area (Å²) >= 11 is 0. The lowest BCUT2D eigenvalue weighted by molar-refractivity contribution is -0.346. The van der Waals surface area contributed by atoms with E-state index in [1.54, 1.807) is 185 Å². The van der Waals surface area contributed by atoms with Crippen LogP contribution in [0.25, 0.3) is 0 Å². The summed E-state index contributed by atoms with van der Waals surface area (Å²) in [6.45, 7) is 17.0. The first kappa shape index (κ1) is 95.1. The molecule has 0 radical (unpaired) electrons. The molecule has 680 valence electrons. The molecule has 31 heteroatoms. The van der Waals surface area contributed by atoms with Crippen LogP contribution in [-0.2, 0) is 95.3 Å². The predicted molar refractivity (Wildman–Crippen MR) is 452 cm³/mol. The summed E-state index contributed by atoms with van der Waals surface area (Å²) in [6.07, 6.45) is -21.0. The van der Waals surface area contributed by atoms with Crippen molar-refractivity contribution in [2.75, 3.05) is 13.2 Å². The fourth-order valence-corrected chi connectivity index (χ4v) is 20.6. The first-order chi connectivity index (χ1) is 59.9. The zero-order valence-electron chi connectivity index (χ0n) is 72.3. The number of ether oxygens (including phenoxy) is 11. The maximum absolute atomic E-state index is 15.6. The van der Waals surface area contributed by atoms with Gasteiger partial charge in [-0.25, -0.2) is 19.2 Å². The van der Waals surface area contributed by atoms with E-state index in [2.05, 4.69) is 10.6 Å². The molecule has 2 aliphatic heterocycles. The highest BCUT2D eigenvalue weighted by Gasteiger charge is 2.81. The van der Waals surface area contributed by atoms with Gasteiger partial charge in [0.2, 0.25) is 6.10 Å². The van der Waals surface area contributed by atoms with Crippen LogP contribution in [-0.4, -0.2) is 212 Å². The van der Waals surface area contributed by atoms with Crippen LogP contribution in [0.3, 0.4) is 0 Å². The maximum Gasteiger partial charge on any atom is 0.350 e. The molecule has 2 amide bonds. The summed E-state index contributed by atoms with van der Waals surface area (Å²) in [5.41, 5.74) is -14.2. The number of hydrogen-bond acceptors (Lipinski definition) is 29. The highest BCUT2D eigenvalue weighted by atomic mass is 16.7. The van der Waals surface area contributed by atoms with Crippen molar-refractivity contribution in [3.05, 3.63) is 238 Å². The van der Waals surface area contributed by atoms with E-state index in [-0.39, 0.29) is 78.0 Å². The van der Waals surface area contributed by atoms with Crippen LogP contribution >= 0.6 is 0 Å². The molecule has 2 unspecified atom stereocenters. The molecule has 6 aromatic rings. The lowest BCUT2D eigenvalue weighted by Gasteiger charge is -2.67. The van der Waals surface area contributed by atoms with Crippen LogP contribution in [0, 0.1) is 33.5 Å². The fourth-order valence-electron chi connectivity index (χ4n) is 20.6. The number of fused-ring (bicyclic) bond motifs is 10. The van der Waals surface area contributed by atoms with Gasteiger partial charge in [0, 0.05) is 82.3 Å². The minimum absolute atomic E-state index is 0. The van der Waals surface area contributed by atoms with Crippen molar-refractivity contribution in [3.63, 3.8) is 0 Å². The largest absolute Gasteiger partial charge is 0.456 e. The Hall–Kier alpha value is -12.0. The van der Waals surface area contributed by atoms with E-state index >= 15 is 9.59 Å². The van der Waals surface area contributed by atoms with Crippen molar-refractivity contribution in [2.24, 2.45) is 33.5 Å². The van der Waals surface area contributed by atoms with Crippen molar-refractivity contribution in [3.8, 4) is 0 Å². The maximum atomic E-state index is 15.6. The Labute approximate surface area is 739 Å². The normalized spacial score (nSPS) is 31.1. The molecule has 0 spiro atoms. The lowest BCUT2D eigenvalue weighted by atomic mass is 9.44. The summed E-state index contributed by atoms with van der Waals surface area (Å²) < 4.78 is 66.5. The SMILES string of the molecule is C.CC(=O)O[C@H]1C(=O)[C@@]2(C)[C@H]([C@H](OC(=O)c3ccccc3)[C@]3(O)CC(OC(=O)[C@H](O)[C@@H](NC(=O)c4ccccc4)c4ccccc4)C(C)=C1C3(C)C)[C@]1(OC(C)=O)CO[C@@H]1C[C@@H]2O.CC(=O)O[C@H]1C(=O)[C@@]2(C)[C@H]([C@H](OC(=O)c3ccccc3)[C@]3(O)CC(OC(=O)[C@H](OC(C)=O)[C@@H](NC(=O)c4ccccc4)c4ccccc4)C(C)=C1C3(C)C)[C@]1(OC(C)=O)CO[C@@H]1C[C@@H]2O. The Morgan fingerprint density at radius 3 is 1.06 bits per heavy atom. The van der Waals surface area contributed by atoms with E-state index in [0.717, 1.165) is 34.6 Å². The van der Waals surface area contributed by atoms with Gasteiger partial charge < -0.3 is 88.3 Å². The summed E-state index contributed by atoms with van der Waals surface area (Å²) in [5, 5.41) is 68.9. The number of ketones is 2. The number of nitrogens with one attached hydrogen (secondary N) is 2. The minimum atomic E-state index is -2.43. The molecule has 14 rings (SSSR count). The fraction of sp³-hybridized carbons (Fsp3) is 0.454. The van der Waals surface area contributed by atoms with Gasteiger partial charge in [-0.2, -0.15) is 0 Å². The average Bonchev–Trinajstić information content (AvgIpc) is 0.671. The molecule has 8 aliphatic rings. The molecule has 4 bridgehead atoms. The molecule has 22 atom stereocenters. The van der Waals surface area contributed by atoms with Gasteiger partial charge in [-0.15, -0.1) is 0 Å². The van der Waals surface area contributed by atoms with Gasteiger partial charge in [-0.1, -0.05) is 169 Å². The molecular weight excluding hydrogens is 1660 g/mol. The molecule has 2 heterocycles. The molecule has 2 saturated heterocycles. The first-order valence-electron chi connectivity index (χ1n) is 41.8. The topological polar surface area (TPSA) is 449 Å². The smallest absolute Gasteiger partial charge is 0.350 e. The van der Waals surface area contributed by atoms with E-state index in [1.165, 1.54) is 52.0 Å². The predicted octanol–water partition coefficient (Wildman–Crippen LogP) is 8.68. The monoisotopic (exact) mass is 1760 g/mol. The molecule has 6 fully saturated rings. The van der Waals surface area contributed by atoms with Gasteiger partial charge >= 0.3 is 53.7 Å². The molecule has 128 heavy (non-hydrogen) atoms. The Bertz CT molecular complexity index is 5340. The molecule has 31 nitrogen and oxygen atoms in total. The Morgan fingerprint density at radius 1 is 0.422 bits per heavy atom. The van der Waals surface area contributed by atoms with Crippen LogP contribution < -0.4 is 10.6 Å². The van der Waals surface area contributed by atoms with E-state index < -0.39 is 231 Å². The second-order valence-electron chi connectivity index (χ2n) is 35.3. The third-order valence-electron chi connectivity index (χ3n) is 27.2. The number of carbonyl (C=O) groups is 13. The second-order valence-corrected chi connectivity index (χ2v) is 35.3. The van der Waals surface area contributed by atoms with Crippen molar-refractivity contribution in [1.82, 2.24) is 10.6 Å². The minimum Gasteiger partial charge on any atom is -0.456 e. The summed E-state index contributed by atoms with van der Waals surface area (Å²) in [5.74, 6) is -14.6. The second kappa shape index (κ2) is 36.6. The Kier molecular flexibility index (Phi) is 27.2. The number of Topliss-reactive ketones (excluding diaryl/α,β-unsaturated/α-hetero) is 2. The molecule has 4 saturated carbocycles. The molecule has 7 N–H and O–H groups in total. The summed E-state index contributed by atoms with van der Waals surface area (Å²) in [4.78, 5) is 181. The van der Waals surface area contributed by atoms with Gasteiger partial charge in [0.05, 0.1) is 65.3 Å². The van der Waals surface area contributed by atoms with Crippen molar-refractivity contribution in [1.29, 1.82) is 0 Å². The van der Waals surface area contributed by atoms with Crippen molar-refractivity contribution >= 4 is 77.1 Å². The molecule has 6 aromatic carbocycles. The van der Waals surface area contributed by atoms with Crippen LogP contribution in [0.2, 0.25) is 0 Å². The van der Waals surface area contributed by atoms with Gasteiger partial charge in [0.25, 0.3) is 11.8 Å². The summed E-state index contributed by atoms with van der Waals surface area (Å²) in [7, 11) is 0. The standard InChI is InChI=1S/C49H53NO15.C47H51NO14.CH4/c1-26-33(63-45(58)39(62-28(3)52)37(30-17-11-8-12-18-30)50-43(56)31-19-13-9-14-20-31)24-49(59)42(64-44(57)32-21-15-10-16-22-32)40-47(7,34(54)23-35-48(40,25-60-35)65-29(4)53)41(55)38(61-27(2)51)36(26)46(49,5)6;1-25-31(60-43(56)36(52)35(28-16-10-7-11-17-28)48-41(54)29-18-12-8-13-19-29)23-47(57)40(61-42(55)30-20-14-9-15-21-30)38-45(6,32(51)22-33-46(38,24-58-33)62-27(3)50)39(53)37(59-26(2)49)34(25)44(47,4)5;/h8-22,33-35,37-40,42,54,59H,23-25H2,1-7H3,(H,50,56);7-21,31-33,35-38,40,51-52,57H,22-24H2,1-6H3,(H,48,54);1H4/t33?,34-,35+,37-,38+,39+,40-,42-,47+,48-,49+;31?,32-,33+,35-,36+,37+,38-,40-,45+,46-,47+;/m00./s1. The molecule has 0 aromatic heterocycles. The van der Waals surface area contributed by atoms with E-state index in [9.17, 15) is 78.3 Å². The van der Waals surface area contributed by atoms with Gasteiger partial charge in [-0.05, 0) is 110 Å². The number of rotatable bonds is 21. The Morgan fingerprint density at radius 2 is 0.742 bits per heavy atom. The third kappa shape index (κ3) is 16.9. The highest BCUT2D eigenvalue weighted by molar-refractivity contribution is 5.99. The lowest BCUT2D eigenvalue weighted by Crippen LogP contribution is -2.82. The van der Waals surface area contributed by atoms with Crippen molar-refractivity contribution < 1.29 is 140 Å². The van der Waals surface area contributed by atoms with E-state index in [0.29, 0.717) is 11.1 Å². The summed E-state index contributed by atoms with van der Waals surface area (Å²) in [6, 6.07) is 45.8. The van der Waals surface area contributed by atoms with Crippen LogP contribution in [0.1, 0.15) is 188 Å². The number of amides is 2. The quantitative estimate of drug-likeness (QED) is 0.0201. The van der Waals surface area contributed by atoms with E-state index in [4.69, 9.17) is 52.1 Å². The number of benzene rings is 6. The number of esters is 9. The van der Waals surface area contributed by atoms with E-state index in [1.807, 2.05) is 0 Å². The molecular formula is C97H108N2O29. The highest BCUT2D eigenvalue weighted by Crippen LogP contribution is 2.67.